The van der Waals surface area contributed by atoms with Gasteiger partial charge in [0, 0.05) is 18.9 Å². The van der Waals surface area contributed by atoms with Crippen LogP contribution in [0.5, 0.6) is 5.75 Å². The number of hydrogen-bond donors (Lipinski definition) is 4. The van der Waals surface area contributed by atoms with Crippen LogP contribution in [0.3, 0.4) is 0 Å². The topological polar surface area (TPSA) is 112 Å². The first-order valence-corrected chi connectivity index (χ1v) is 6.07. The summed E-state index contributed by atoms with van der Waals surface area (Å²) in [7, 11) is 0. The van der Waals surface area contributed by atoms with Crippen LogP contribution in [0.25, 0.3) is 0 Å². The molecule has 0 bridgehead atoms. The molecule has 0 aliphatic rings. The number of carboxylic acids is 1. The third-order valence-electron chi connectivity index (χ3n) is 2.72. The number of pyridine rings is 1. The molecule has 1 heterocycles. The van der Waals surface area contributed by atoms with E-state index in [9.17, 15) is 14.7 Å². The summed E-state index contributed by atoms with van der Waals surface area (Å²) in [6.07, 6.45) is 3.22. The number of nitrogens with zero attached hydrogens (tertiary/aromatic N) is 1. The molecule has 0 radical (unpaired) electrons. The molecular formula is C14H13N3O4. The normalized spacial score (nSPS) is 9.90. The van der Waals surface area contributed by atoms with Crippen LogP contribution in [0.4, 0.5) is 10.5 Å². The van der Waals surface area contributed by atoms with E-state index in [0.717, 1.165) is 5.56 Å². The Balaban J connectivity index is 2.00. The summed E-state index contributed by atoms with van der Waals surface area (Å²) in [5.74, 6) is -1.75. The van der Waals surface area contributed by atoms with E-state index in [-0.39, 0.29) is 17.8 Å². The van der Waals surface area contributed by atoms with Gasteiger partial charge in [0.05, 0.1) is 5.69 Å². The first-order chi connectivity index (χ1) is 10.1. The van der Waals surface area contributed by atoms with Crippen molar-refractivity contribution in [3.05, 3.63) is 53.9 Å². The fourth-order valence-electron chi connectivity index (χ4n) is 1.67. The van der Waals surface area contributed by atoms with Crippen LogP contribution < -0.4 is 10.6 Å². The van der Waals surface area contributed by atoms with Crippen LogP contribution in [-0.2, 0) is 6.54 Å². The average molecular weight is 287 g/mol. The van der Waals surface area contributed by atoms with Gasteiger partial charge in [-0.1, -0.05) is 6.07 Å². The van der Waals surface area contributed by atoms with Crippen molar-refractivity contribution in [3.63, 3.8) is 0 Å². The summed E-state index contributed by atoms with van der Waals surface area (Å²) in [6, 6.07) is 7.04. The van der Waals surface area contributed by atoms with Crippen molar-refractivity contribution in [2.75, 3.05) is 5.32 Å². The van der Waals surface area contributed by atoms with E-state index < -0.39 is 17.7 Å². The molecule has 2 aromatic rings. The molecule has 2 amide bonds. The summed E-state index contributed by atoms with van der Waals surface area (Å²) in [4.78, 5) is 26.5. The molecule has 7 nitrogen and oxygen atoms in total. The van der Waals surface area contributed by atoms with Gasteiger partial charge < -0.3 is 20.8 Å². The van der Waals surface area contributed by atoms with E-state index in [1.807, 2.05) is 0 Å². The molecule has 7 heteroatoms. The number of aromatic hydroxyl groups is 1. The number of anilines is 1. The predicted octanol–water partition coefficient (Wildman–Crippen LogP) is 1.81. The minimum absolute atomic E-state index is 0.0297. The number of nitrogens with one attached hydrogen (secondary N) is 2. The van der Waals surface area contributed by atoms with Gasteiger partial charge in [0.15, 0.2) is 5.75 Å². The Bertz CT molecular complexity index is 659. The van der Waals surface area contributed by atoms with E-state index in [1.165, 1.54) is 18.2 Å². The SMILES string of the molecule is O=C(NCc1ccncc1)Nc1cccc(C(=O)O)c1O. The maximum Gasteiger partial charge on any atom is 0.339 e. The van der Waals surface area contributed by atoms with Crippen molar-refractivity contribution in [3.8, 4) is 5.75 Å². The van der Waals surface area contributed by atoms with Crippen LogP contribution in [0, 0.1) is 0 Å². The lowest BCUT2D eigenvalue weighted by Gasteiger charge is -2.10. The highest BCUT2D eigenvalue weighted by Crippen LogP contribution is 2.27. The molecule has 108 valence electrons. The van der Waals surface area contributed by atoms with Crippen LogP contribution in [0.2, 0.25) is 0 Å². The molecule has 0 aliphatic heterocycles. The second kappa shape index (κ2) is 6.38. The highest BCUT2D eigenvalue weighted by molar-refractivity contribution is 5.97. The minimum atomic E-state index is -1.27. The second-order valence-electron chi connectivity index (χ2n) is 4.17. The second-order valence-corrected chi connectivity index (χ2v) is 4.17. The van der Waals surface area contributed by atoms with Gasteiger partial charge in [0.2, 0.25) is 0 Å². The smallest absolute Gasteiger partial charge is 0.339 e. The van der Waals surface area contributed by atoms with Crippen molar-refractivity contribution in [1.82, 2.24) is 10.3 Å². The molecule has 2 rings (SSSR count). The molecule has 0 atom stereocenters. The molecule has 0 fully saturated rings. The van der Waals surface area contributed by atoms with Crippen molar-refractivity contribution < 1.29 is 19.8 Å². The lowest BCUT2D eigenvalue weighted by Crippen LogP contribution is -2.28. The Kier molecular flexibility index (Phi) is 4.35. The highest BCUT2D eigenvalue weighted by Gasteiger charge is 2.14. The molecule has 1 aromatic heterocycles. The number of para-hydroxylation sites is 1. The van der Waals surface area contributed by atoms with Crippen molar-refractivity contribution in [2.24, 2.45) is 0 Å². The number of carboxylic acid groups (broad SMARTS) is 1. The number of carbonyl (C=O) groups excluding carboxylic acids is 1. The summed E-state index contributed by atoms with van der Waals surface area (Å²) in [5.41, 5.74) is 0.618. The van der Waals surface area contributed by atoms with Gasteiger partial charge in [-0.15, -0.1) is 0 Å². The Labute approximate surface area is 120 Å². The Hall–Kier alpha value is -3.09. The number of urea groups is 1. The lowest BCUT2D eigenvalue weighted by atomic mass is 10.1. The van der Waals surface area contributed by atoms with Gasteiger partial charge in [-0.2, -0.15) is 0 Å². The highest BCUT2D eigenvalue weighted by atomic mass is 16.4. The molecule has 0 saturated carbocycles. The Morgan fingerprint density at radius 1 is 1.14 bits per heavy atom. The first-order valence-electron chi connectivity index (χ1n) is 6.07. The standard InChI is InChI=1S/C14H13N3O4/c18-12-10(13(19)20)2-1-3-11(12)17-14(21)16-8-9-4-6-15-7-5-9/h1-7,18H,8H2,(H,19,20)(H2,16,17,21). The fraction of sp³-hybridized carbons (Fsp3) is 0.0714. The van der Waals surface area contributed by atoms with E-state index in [4.69, 9.17) is 5.11 Å². The van der Waals surface area contributed by atoms with Gasteiger partial charge in [0.1, 0.15) is 5.56 Å². The summed E-state index contributed by atoms with van der Waals surface area (Å²) >= 11 is 0. The molecule has 21 heavy (non-hydrogen) atoms. The molecule has 0 saturated heterocycles. The van der Waals surface area contributed by atoms with Crippen LogP contribution in [-0.4, -0.2) is 27.2 Å². The van der Waals surface area contributed by atoms with Gasteiger partial charge in [-0.05, 0) is 29.8 Å². The molecule has 4 N–H and O–H groups in total. The minimum Gasteiger partial charge on any atom is -0.505 e. The van der Waals surface area contributed by atoms with E-state index in [2.05, 4.69) is 15.6 Å². The zero-order valence-electron chi connectivity index (χ0n) is 10.9. The van der Waals surface area contributed by atoms with E-state index in [0.29, 0.717) is 0 Å². The number of hydrogen-bond acceptors (Lipinski definition) is 4. The zero-order chi connectivity index (χ0) is 15.2. The number of aromatic carboxylic acids is 1. The first kappa shape index (κ1) is 14.3. The quantitative estimate of drug-likeness (QED) is 0.641. The summed E-state index contributed by atoms with van der Waals surface area (Å²) < 4.78 is 0. The predicted molar refractivity (Wildman–Crippen MR) is 75.2 cm³/mol. The lowest BCUT2D eigenvalue weighted by molar-refractivity contribution is 0.0693. The summed E-state index contributed by atoms with van der Waals surface area (Å²) in [5, 5.41) is 23.6. The third kappa shape index (κ3) is 3.69. The summed E-state index contributed by atoms with van der Waals surface area (Å²) in [6.45, 7) is 0.285. The van der Waals surface area contributed by atoms with Crippen LogP contribution in [0.15, 0.2) is 42.7 Å². The number of benzene rings is 1. The zero-order valence-corrected chi connectivity index (χ0v) is 10.9. The average Bonchev–Trinajstić information content (AvgIpc) is 2.48. The molecule has 0 spiro atoms. The number of carbonyl (C=O) groups is 2. The largest absolute Gasteiger partial charge is 0.505 e. The molecule has 1 aromatic carbocycles. The van der Waals surface area contributed by atoms with Crippen molar-refractivity contribution in [2.45, 2.75) is 6.54 Å². The molecule has 0 aliphatic carbocycles. The fourth-order valence-corrected chi connectivity index (χ4v) is 1.67. The number of rotatable bonds is 4. The van der Waals surface area contributed by atoms with E-state index >= 15 is 0 Å². The number of amides is 2. The van der Waals surface area contributed by atoms with Crippen molar-refractivity contribution >= 4 is 17.7 Å². The van der Waals surface area contributed by atoms with Crippen molar-refractivity contribution in [1.29, 1.82) is 0 Å². The van der Waals surface area contributed by atoms with Gasteiger partial charge in [-0.3, -0.25) is 4.98 Å². The van der Waals surface area contributed by atoms with Gasteiger partial charge >= 0.3 is 12.0 Å². The number of phenols is 1. The maximum atomic E-state index is 11.7. The Morgan fingerprint density at radius 2 is 1.86 bits per heavy atom. The maximum absolute atomic E-state index is 11.7. The molecular weight excluding hydrogens is 274 g/mol. The van der Waals surface area contributed by atoms with Gasteiger partial charge in [-0.25, -0.2) is 9.59 Å². The monoisotopic (exact) mass is 287 g/mol. The number of aromatic nitrogens is 1. The van der Waals surface area contributed by atoms with Crippen LogP contribution >= 0.6 is 0 Å². The van der Waals surface area contributed by atoms with Crippen LogP contribution in [0.1, 0.15) is 15.9 Å². The van der Waals surface area contributed by atoms with E-state index in [1.54, 1.807) is 24.5 Å². The van der Waals surface area contributed by atoms with Gasteiger partial charge in [0.25, 0.3) is 0 Å². The molecule has 0 unspecified atom stereocenters. The Morgan fingerprint density at radius 3 is 2.52 bits per heavy atom. The third-order valence-corrected chi connectivity index (χ3v) is 2.72.